The Morgan fingerprint density at radius 3 is 2.82 bits per heavy atom. The predicted molar refractivity (Wildman–Crippen MR) is 79.2 cm³/mol. The molecule has 7 heteroatoms. The first-order chi connectivity index (χ1) is 10.4. The fourth-order valence-electron chi connectivity index (χ4n) is 2.84. The van der Waals surface area contributed by atoms with Crippen LogP contribution in [0.1, 0.15) is 22.7 Å². The Morgan fingerprint density at radius 1 is 1.45 bits per heavy atom. The minimum atomic E-state index is -2.71. The summed E-state index contributed by atoms with van der Waals surface area (Å²) in [4.78, 5) is 16.3. The monoisotopic (exact) mass is 315 g/mol. The Balaban J connectivity index is 2.17. The SMILES string of the molecule is Cc1ccc(C(=O)N2CCOC[C@H](CN(C)C)C2)n1C(F)F. The number of aromatic nitrogens is 1. The highest BCUT2D eigenvalue weighted by Crippen LogP contribution is 2.21. The van der Waals surface area contributed by atoms with Gasteiger partial charge in [0.2, 0.25) is 0 Å². The van der Waals surface area contributed by atoms with Gasteiger partial charge in [0.05, 0.1) is 13.2 Å². The van der Waals surface area contributed by atoms with E-state index in [1.807, 2.05) is 19.0 Å². The van der Waals surface area contributed by atoms with Crippen molar-refractivity contribution < 1.29 is 18.3 Å². The van der Waals surface area contributed by atoms with Crippen LogP contribution >= 0.6 is 0 Å². The van der Waals surface area contributed by atoms with Gasteiger partial charge in [0.1, 0.15) is 5.69 Å². The van der Waals surface area contributed by atoms with Gasteiger partial charge >= 0.3 is 6.55 Å². The zero-order chi connectivity index (χ0) is 16.3. The molecule has 22 heavy (non-hydrogen) atoms. The second-order valence-electron chi connectivity index (χ2n) is 5.96. The molecule has 0 unspecified atom stereocenters. The number of ether oxygens (including phenoxy) is 1. The van der Waals surface area contributed by atoms with E-state index in [0.29, 0.717) is 32.0 Å². The van der Waals surface area contributed by atoms with Gasteiger partial charge < -0.3 is 14.5 Å². The van der Waals surface area contributed by atoms with Gasteiger partial charge in [0, 0.05) is 31.2 Å². The van der Waals surface area contributed by atoms with Crippen molar-refractivity contribution in [3.05, 3.63) is 23.5 Å². The van der Waals surface area contributed by atoms with Crippen LogP contribution in [0.25, 0.3) is 0 Å². The lowest BCUT2D eigenvalue weighted by Crippen LogP contribution is -2.39. The minimum absolute atomic E-state index is 0.0398. The zero-order valence-electron chi connectivity index (χ0n) is 13.3. The van der Waals surface area contributed by atoms with Gasteiger partial charge in [0.15, 0.2) is 0 Å². The number of halogens is 2. The molecule has 0 spiro atoms. The molecule has 1 amide bonds. The van der Waals surface area contributed by atoms with Crippen molar-refractivity contribution in [2.24, 2.45) is 5.92 Å². The Morgan fingerprint density at radius 2 is 2.18 bits per heavy atom. The van der Waals surface area contributed by atoms with Crippen molar-refractivity contribution in [3.8, 4) is 0 Å². The summed E-state index contributed by atoms with van der Waals surface area (Å²) in [7, 11) is 3.92. The highest BCUT2D eigenvalue weighted by Gasteiger charge is 2.27. The highest BCUT2D eigenvalue weighted by atomic mass is 19.3. The van der Waals surface area contributed by atoms with Gasteiger partial charge in [-0.15, -0.1) is 0 Å². The van der Waals surface area contributed by atoms with E-state index in [1.54, 1.807) is 17.9 Å². The lowest BCUT2D eigenvalue weighted by molar-refractivity contribution is 0.0543. The van der Waals surface area contributed by atoms with E-state index >= 15 is 0 Å². The van der Waals surface area contributed by atoms with E-state index in [9.17, 15) is 13.6 Å². The minimum Gasteiger partial charge on any atom is -0.379 e. The summed E-state index contributed by atoms with van der Waals surface area (Å²) in [5.41, 5.74) is 0.423. The van der Waals surface area contributed by atoms with Crippen molar-refractivity contribution >= 4 is 5.91 Å². The maximum Gasteiger partial charge on any atom is 0.319 e. The molecule has 1 saturated heterocycles. The van der Waals surface area contributed by atoms with Gasteiger partial charge in [-0.1, -0.05) is 0 Å². The van der Waals surface area contributed by atoms with E-state index < -0.39 is 6.55 Å². The molecule has 5 nitrogen and oxygen atoms in total. The van der Waals surface area contributed by atoms with Crippen LogP contribution in [0.15, 0.2) is 12.1 Å². The second-order valence-corrected chi connectivity index (χ2v) is 5.96. The second kappa shape index (κ2) is 7.19. The van der Waals surface area contributed by atoms with E-state index in [0.717, 1.165) is 11.1 Å². The van der Waals surface area contributed by atoms with Crippen LogP contribution in [0.2, 0.25) is 0 Å². The smallest absolute Gasteiger partial charge is 0.319 e. The number of carbonyl (C=O) groups excluding carboxylic acids is 1. The fraction of sp³-hybridized carbons (Fsp3) is 0.667. The molecule has 1 aliphatic heterocycles. The van der Waals surface area contributed by atoms with Crippen LogP contribution in [0, 0.1) is 12.8 Å². The molecule has 0 aliphatic carbocycles. The highest BCUT2D eigenvalue weighted by molar-refractivity contribution is 5.93. The summed E-state index contributed by atoms with van der Waals surface area (Å²) in [6, 6.07) is 3.02. The molecule has 1 fully saturated rings. The lowest BCUT2D eigenvalue weighted by atomic mass is 10.1. The third-order valence-electron chi connectivity index (χ3n) is 3.78. The first kappa shape index (κ1) is 16.9. The molecule has 0 bridgehead atoms. The molecular formula is C15H23F2N3O2. The first-order valence-electron chi connectivity index (χ1n) is 7.38. The van der Waals surface area contributed by atoms with Crippen LogP contribution < -0.4 is 0 Å². The van der Waals surface area contributed by atoms with Crippen LogP contribution in [0.4, 0.5) is 8.78 Å². The van der Waals surface area contributed by atoms with Crippen LogP contribution in [-0.4, -0.2) is 67.2 Å². The first-order valence-corrected chi connectivity index (χ1v) is 7.38. The number of carbonyl (C=O) groups is 1. The Bertz CT molecular complexity index is 517. The Hall–Kier alpha value is -1.47. The van der Waals surface area contributed by atoms with Gasteiger partial charge in [-0.2, -0.15) is 8.78 Å². The summed E-state index contributed by atoms with van der Waals surface area (Å²) in [6.07, 6.45) is 0. The van der Waals surface area contributed by atoms with Gasteiger partial charge in [0.25, 0.3) is 5.91 Å². The number of hydrogen-bond donors (Lipinski definition) is 0. The summed E-state index contributed by atoms with van der Waals surface area (Å²) in [6.45, 7) is 1.61. The summed E-state index contributed by atoms with van der Waals surface area (Å²) in [5.74, 6) is -0.180. The Labute approximate surface area is 129 Å². The normalized spacial score (nSPS) is 19.8. The summed E-state index contributed by atoms with van der Waals surface area (Å²) in [5, 5.41) is 0. The van der Waals surface area contributed by atoms with Crippen molar-refractivity contribution in [3.63, 3.8) is 0 Å². The third-order valence-corrected chi connectivity index (χ3v) is 3.78. The molecule has 0 saturated carbocycles. The van der Waals surface area contributed by atoms with Crippen LogP contribution in [0.3, 0.4) is 0 Å². The van der Waals surface area contributed by atoms with Crippen molar-refractivity contribution in [2.45, 2.75) is 13.5 Å². The number of rotatable bonds is 4. The molecule has 0 N–H and O–H groups in total. The van der Waals surface area contributed by atoms with E-state index in [-0.39, 0.29) is 17.5 Å². The van der Waals surface area contributed by atoms with Crippen molar-refractivity contribution in [2.75, 3.05) is 46.9 Å². The quantitative estimate of drug-likeness (QED) is 0.851. The van der Waals surface area contributed by atoms with E-state index in [2.05, 4.69) is 0 Å². The molecule has 1 aliphatic rings. The predicted octanol–water partition coefficient (Wildman–Crippen LogP) is 1.84. The maximum atomic E-state index is 13.1. The van der Waals surface area contributed by atoms with E-state index in [1.165, 1.54) is 6.07 Å². The van der Waals surface area contributed by atoms with Crippen molar-refractivity contribution in [1.29, 1.82) is 0 Å². The Kier molecular flexibility index (Phi) is 5.52. The molecule has 0 aromatic carbocycles. The third kappa shape index (κ3) is 3.84. The number of aryl methyl sites for hydroxylation is 1. The number of amides is 1. The molecule has 2 heterocycles. The van der Waals surface area contributed by atoms with Gasteiger partial charge in [-0.05, 0) is 33.2 Å². The number of alkyl halides is 2. The summed E-state index contributed by atoms with van der Waals surface area (Å²) >= 11 is 0. The molecule has 0 radical (unpaired) electrons. The van der Waals surface area contributed by atoms with Crippen LogP contribution in [0.5, 0.6) is 0 Å². The van der Waals surface area contributed by atoms with Crippen molar-refractivity contribution in [1.82, 2.24) is 14.4 Å². The average molecular weight is 315 g/mol. The van der Waals surface area contributed by atoms with Gasteiger partial charge in [-0.3, -0.25) is 9.36 Å². The number of nitrogens with zero attached hydrogens (tertiary/aromatic N) is 3. The maximum absolute atomic E-state index is 13.1. The summed E-state index contributed by atoms with van der Waals surface area (Å²) < 4.78 is 32.6. The lowest BCUT2D eigenvalue weighted by Gasteiger charge is -2.26. The standard InChI is InChI=1S/C15H23F2N3O2/c1-11-4-5-13(20(11)15(16)17)14(21)19-6-7-22-10-12(9-19)8-18(2)3/h4-5,12,15H,6-10H2,1-3H3/t12-/m1/s1. The van der Waals surface area contributed by atoms with E-state index in [4.69, 9.17) is 4.74 Å². The fourth-order valence-corrected chi connectivity index (χ4v) is 2.84. The molecule has 2 rings (SSSR count). The molecule has 124 valence electrons. The molecule has 1 aromatic heterocycles. The van der Waals surface area contributed by atoms with Crippen LogP contribution in [-0.2, 0) is 4.74 Å². The zero-order valence-corrected chi connectivity index (χ0v) is 13.3. The largest absolute Gasteiger partial charge is 0.379 e. The number of hydrogen-bond acceptors (Lipinski definition) is 3. The molecule has 1 atom stereocenters. The molecule has 1 aromatic rings. The molecular weight excluding hydrogens is 292 g/mol. The van der Waals surface area contributed by atoms with Gasteiger partial charge in [-0.25, -0.2) is 0 Å². The topological polar surface area (TPSA) is 37.7 Å². The average Bonchev–Trinajstić information content (AvgIpc) is 2.67.